The Morgan fingerprint density at radius 2 is 1.70 bits per heavy atom. The van der Waals surface area contributed by atoms with Crippen LogP contribution in [-0.4, -0.2) is 11.8 Å². The molecule has 100 valence electrons. The molecule has 0 unspecified atom stereocenters. The highest BCUT2D eigenvalue weighted by molar-refractivity contribution is 6.35. The molecule has 0 bridgehead atoms. The lowest BCUT2D eigenvalue weighted by Gasteiger charge is -2.14. The molecule has 0 aliphatic carbocycles. The molecule has 0 saturated carbocycles. The number of imide groups is 1. The smallest absolute Gasteiger partial charge is 0.266 e. The number of hydrogen-bond acceptors (Lipinski definition) is 2. The topological polar surface area (TPSA) is 37.4 Å². The van der Waals surface area contributed by atoms with E-state index in [0.717, 1.165) is 22.6 Å². The van der Waals surface area contributed by atoms with Gasteiger partial charge in [0.05, 0.1) is 16.8 Å². The molecular weight excluding hydrogens is 281 g/mol. The average molecular weight is 290 g/mol. The van der Waals surface area contributed by atoms with Crippen LogP contribution in [0.5, 0.6) is 0 Å². The third-order valence-corrected chi connectivity index (χ3v) is 3.67. The quantitative estimate of drug-likeness (QED) is 0.752. The lowest BCUT2D eigenvalue weighted by molar-refractivity contribution is 0.0926. The first-order valence-electron chi connectivity index (χ1n) is 5.93. The number of benzene rings is 2. The van der Waals surface area contributed by atoms with Crippen LogP contribution in [0.2, 0.25) is 5.02 Å². The summed E-state index contributed by atoms with van der Waals surface area (Å²) in [6.45, 7) is 1.82. The first-order valence-corrected chi connectivity index (χ1v) is 6.31. The summed E-state index contributed by atoms with van der Waals surface area (Å²) < 4.78 is 13.2. The Balaban J connectivity index is 2.11. The van der Waals surface area contributed by atoms with E-state index < -0.39 is 17.6 Å². The summed E-state index contributed by atoms with van der Waals surface area (Å²) in [5.41, 5.74) is 1.50. The average Bonchev–Trinajstić information content (AvgIpc) is 2.65. The highest BCUT2D eigenvalue weighted by Crippen LogP contribution is 2.31. The molecule has 1 aliphatic rings. The molecule has 1 heterocycles. The third-order valence-electron chi connectivity index (χ3n) is 3.26. The Morgan fingerprint density at radius 1 is 1.00 bits per heavy atom. The minimum absolute atomic E-state index is 0.0756. The van der Waals surface area contributed by atoms with Crippen LogP contribution in [0.15, 0.2) is 36.4 Å². The first kappa shape index (κ1) is 12.8. The Kier molecular flexibility index (Phi) is 2.83. The molecule has 1 aliphatic heterocycles. The molecule has 2 aromatic carbocycles. The fourth-order valence-corrected chi connectivity index (χ4v) is 2.34. The summed E-state index contributed by atoms with van der Waals surface area (Å²) >= 11 is 6.01. The zero-order valence-corrected chi connectivity index (χ0v) is 11.2. The first-order chi connectivity index (χ1) is 9.49. The number of amides is 2. The van der Waals surface area contributed by atoms with Crippen molar-refractivity contribution >= 4 is 29.1 Å². The predicted molar refractivity (Wildman–Crippen MR) is 73.7 cm³/mol. The summed E-state index contributed by atoms with van der Waals surface area (Å²) in [6, 6.07) is 8.47. The van der Waals surface area contributed by atoms with Gasteiger partial charge in [0.1, 0.15) is 5.82 Å². The number of carbonyl (C=O) groups excluding carboxylic acids is 2. The third kappa shape index (κ3) is 1.80. The minimum atomic E-state index is -0.548. The van der Waals surface area contributed by atoms with Crippen molar-refractivity contribution in [3.8, 4) is 0 Å². The van der Waals surface area contributed by atoms with E-state index in [1.54, 1.807) is 18.2 Å². The lowest BCUT2D eigenvalue weighted by atomic mass is 10.1. The van der Waals surface area contributed by atoms with E-state index in [-0.39, 0.29) is 11.1 Å². The van der Waals surface area contributed by atoms with Crippen molar-refractivity contribution in [2.45, 2.75) is 6.92 Å². The number of halogens is 2. The molecular formula is C15H9ClFNO2. The van der Waals surface area contributed by atoms with Gasteiger partial charge in [0.15, 0.2) is 0 Å². The van der Waals surface area contributed by atoms with Crippen molar-refractivity contribution in [2.75, 3.05) is 4.90 Å². The van der Waals surface area contributed by atoms with Crippen LogP contribution in [-0.2, 0) is 0 Å². The second-order valence-corrected chi connectivity index (χ2v) is 4.98. The molecule has 2 amide bonds. The largest absolute Gasteiger partial charge is 0.268 e. The maximum absolute atomic E-state index is 13.2. The normalized spacial score (nSPS) is 13.8. The van der Waals surface area contributed by atoms with Crippen molar-refractivity contribution < 1.29 is 14.0 Å². The highest BCUT2D eigenvalue weighted by Gasteiger charge is 2.36. The van der Waals surface area contributed by atoms with Gasteiger partial charge in [-0.3, -0.25) is 9.59 Å². The standard InChI is InChI=1S/C15H9ClFNO2/c1-8-2-4-10(7-13(8)16)18-14(19)11-5-3-9(17)6-12(11)15(18)20/h2-7H,1H3. The molecule has 0 N–H and O–H groups in total. The van der Waals surface area contributed by atoms with Gasteiger partial charge in [-0.25, -0.2) is 9.29 Å². The zero-order chi connectivity index (χ0) is 14.4. The molecule has 2 aromatic rings. The number of anilines is 1. The van der Waals surface area contributed by atoms with Crippen molar-refractivity contribution in [2.24, 2.45) is 0 Å². The van der Waals surface area contributed by atoms with E-state index in [9.17, 15) is 14.0 Å². The van der Waals surface area contributed by atoms with Gasteiger partial charge in [0.25, 0.3) is 11.8 Å². The van der Waals surface area contributed by atoms with Crippen molar-refractivity contribution in [1.82, 2.24) is 0 Å². The molecule has 0 saturated heterocycles. The summed E-state index contributed by atoms with van der Waals surface area (Å²) in [5, 5.41) is 0.463. The maximum Gasteiger partial charge on any atom is 0.266 e. The van der Waals surface area contributed by atoms with Crippen LogP contribution in [0, 0.1) is 12.7 Å². The number of fused-ring (bicyclic) bond motifs is 1. The number of aryl methyl sites for hydroxylation is 1. The number of rotatable bonds is 1. The van der Waals surface area contributed by atoms with E-state index in [2.05, 4.69) is 0 Å². The number of carbonyl (C=O) groups is 2. The monoisotopic (exact) mass is 289 g/mol. The van der Waals surface area contributed by atoms with E-state index >= 15 is 0 Å². The molecule has 0 aromatic heterocycles. The van der Waals surface area contributed by atoms with Crippen LogP contribution in [0.3, 0.4) is 0 Å². The summed E-state index contributed by atoms with van der Waals surface area (Å²) in [5.74, 6) is -1.55. The van der Waals surface area contributed by atoms with E-state index in [4.69, 9.17) is 11.6 Å². The van der Waals surface area contributed by atoms with Gasteiger partial charge in [0, 0.05) is 5.02 Å². The fourth-order valence-electron chi connectivity index (χ4n) is 2.17. The Hall–Kier alpha value is -2.20. The van der Waals surface area contributed by atoms with Gasteiger partial charge in [-0.05, 0) is 42.8 Å². The summed E-state index contributed by atoms with van der Waals surface area (Å²) in [4.78, 5) is 25.5. The van der Waals surface area contributed by atoms with Gasteiger partial charge >= 0.3 is 0 Å². The van der Waals surface area contributed by atoms with Gasteiger partial charge in [-0.15, -0.1) is 0 Å². The Labute approximate surface area is 119 Å². The molecule has 5 heteroatoms. The van der Waals surface area contributed by atoms with Gasteiger partial charge in [-0.1, -0.05) is 17.7 Å². The molecule has 0 atom stereocenters. The number of hydrogen-bond donors (Lipinski definition) is 0. The maximum atomic E-state index is 13.2. The molecule has 3 nitrogen and oxygen atoms in total. The molecule has 0 radical (unpaired) electrons. The van der Waals surface area contributed by atoms with Crippen molar-refractivity contribution in [3.05, 3.63) is 63.9 Å². The van der Waals surface area contributed by atoms with E-state index in [0.29, 0.717) is 10.7 Å². The highest BCUT2D eigenvalue weighted by atomic mass is 35.5. The zero-order valence-electron chi connectivity index (χ0n) is 10.5. The fraction of sp³-hybridized carbons (Fsp3) is 0.0667. The van der Waals surface area contributed by atoms with Crippen LogP contribution < -0.4 is 4.90 Å². The van der Waals surface area contributed by atoms with E-state index in [1.807, 2.05) is 6.92 Å². The molecule has 0 spiro atoms. The molecule has 3 rings (SSSR count). The van der Waals surface area contributed by atoms with Gasteiger partial charge in [-0.2, -0.15) is 0 Å². The molecule has 0 fully saturated rings. The lowest BCUT2D eigenvalue weighted by Crippen LogP contribution is -2.29. The Morgan fingerprint density at radius 3 is 2.40 bits per heavy atom. The van der Waals surface area contributed by atoms with Crippen LogP contribution >= 0.6 is 11.6 Å². The second kappa shape index (κ2) is 4.42. The molecule has 20 heavy (non-hydrogen) atoms. The second-order valence-electron chi connectivity index (χ2n) is 4.57. The number of nitrogens with zero attached hydrogens (tertiary/aromatic N) is 1. The predicted octanol–water partition coefficient (Wildman–Crippen LogP) is 3.59. The van der Waals surface area contributed by atoms with Gasteiger partial charge in [0.2, 0.25) is 0 Å². The van der Waals surface area contributed by atoms with E-state index in [1.165, 1.54) is 6.07 Å². The van der Waals surface area contributed by atoms with Crippen molar-refractivity contribution in [1.29, 1.82) is 0 Å². The van der Waals surface area contributed by atoms with Crippen LogP contribution in [0.1, 0.15) is 26.3 Å². The summed E-state index contributed by atoms with van der Waals surface area (Å²) in [6.07, 6.45) is 0. The Bertz CT molecular complexity index is 758. The van der Waals surface area contributed by atoms with Crippen LogP contribution in [0.25, 0.3) is 0 Å². The minimum Gasteiger partial charge on any atom is -0.268 e. The summed E-state index contributed by atoms with van der Waals surface area (Å²) in [7, 11) is 0. The van der Waals surface area contributed by atoms with Crippen LogP contribution in [0.4, 0.5) is 10.1 Å². The van der Waals surface area contributed by atoms with Gasteiger partial charge < -0.3 is 0 Å². The SMILES string of the molecule is Cc1ccc(N2C(=O)c3ccc(F)cc3C2=O)cc1Cl. The van der Waals surface area contributed by atoms with Crippen molar-refractivity contribution in [3.63, 3.8) is 0 Å².